The quantitative estimate of drug-likeness (QED) is 0.744. The predicted molar refractivity (Wildman–Crippen MR) is 89.8 cm³/mol. The molecule has 2 aromatic rings. The fourth-order valence-electron chi connectivity index (χ4n) is 3.42. The Balaban J connectivity index is 1.83. The first-order valence-electron chi connectivity index (χ1n) is 7.44. The fraction of sp³-hybridized carbons (Fsp3) is 0.158. The van der Waals surface area contributed by atoms with Crippen LogP contribution in [-0.2, 0) is 14.7 Å². The molecular formula is C19H17BO2. The lowest BCUT2D eigenvalue weighted by atomic mass is 9.75. The summed E-state index contributed by atoms with van der Waals surface area (Å²) in [7, 11) is -0.440. The minimum absolute atomic E-state index is 0.0193. The first kappa shape index (κ1) is 13.3. The maximum Gasteiger partial charge on any atom is 0.632 e. The van der Waals surface area contributed by atoms with E-state index in [0.717, 1.165) is 5.46 Å². The lowest BCUT2D eigenvalue weighted by Crippen LogP contribution is -2.32. The van der Waals surface area contributed by atoms with Gasteiger partial charge in [0.05, 0.1) is 0 Å². The summed E-state index contributed by atoms with van der Waals surface area (Å²) in [5.74, 6) is 1.01. The van der Waals surface area contributed by atoms with E-state index in [1.54, 1.807) is 0 Å². The van der Waals surface area contributed by atoms with E-state index in [9.17, 15) is 0 Å². The number of hydrogen-bond acceptors (Lipinski definition) is 2. The third-order valence-corrected chi connectivity index (χ3v) is 4.69. The molecule has 1 saturated heterocycles. The van der Waals surface area contributed by atoms with Crippen molar-refractivity contribution in [1.82, 2.24) is 0 Å². The zero-order valence-electron chi connectivity index (χ0n) is 12.8. The van der Waals surface area contributed by atoms with Crippen LogP contribution < -0.4 is 5.46 Å². The van der Waals surface area contributed by atoms with Gasteiger partial charge in [-0.05, 0) is 22.3 Å². The summed E-state index contributed by atoms with van der Waals surface area (Å²) >= 11 is 0. The Bertz CT molecular complexity index is 804. The minimum Gasteiger partial charge on any atom is -0.520 e. The lowest BCUT2D eigenvalue weighted by molar-refractivity contribution is 0.431. The smallest absolute Gasteiger partial charge is 0.520 e. The number of fused-ring (bicyclic) bond motifs is 3. The zero-order valence-corrected chi connectivity index (χ0v) is 12.8. The third-order valence-electron chi connectivity index (χ3n) is 4.69. The van der Waals surface area contributed by atoms with E-state index in [2.05, 4.69) is 69.5 Å². The van der Waals surface area contributed by atoms with Gasteiger partial charge in [-0.25, -0.2) is 0 Å². The third kappa shape index (κ3) is 1.68. The van der Waals surface area contributed by atoms with E-state index in [1.807, 2.05) is 0 Å². The summed E-state index contributed by atoms with van der Waals surface area (Å²) < 4.78 is 11.3. The van der Waals surface area contributed by atoms with E-state index in [1.165, 1.54) is 22.3 Å². The van der Waals surface area contributed by atoms with Gasteiger partial charge in [-0.3, -0.25) is 0 Å². The van der Waals surface area contributed by atoms with Crippen molar-refractivity contribution in [2.75, 3.05) is 0 Å². The molecule has 3 heteroatoms. The van der Waals surface area contributed by atoms with E-state index < -0.39 is 7.12 Å². The molecule has 2 aromatic carbocycles. The molecule has 2 nitrogen and oxygen atoms in total. The average Bonchev–Trinajstić information content (AvgIpc) is 2.96. The van der Waals surface area contributed by atoms with Crippen LogP contribution in [0.15, 0.2) is 67.1 Å². The molecule has 0 spiro atoms. The molecule has 0 saturated carbocycles. The minimum atomic E-state index is -0.440. The van der Waals surface area contributed by atoms with Gasteiger partial charge >= 0.3 is 7.12 Å². The molecule has 1 aliphatic heterocycles. The fourth-order valence-corrected chi connectivity index (χ4v) is 3.42. The Hall–Kier alpha value is -2.42. The highest BCUT2D eigenvalue weighted by Gasteiger charge is 2.39. The van der Waals surface area contributed by atoms with Crippen LogP contribution in [0.3, 0.4) is 0 Å². The lowest BCUT2D eigenvalue weighted by Gasteiger charge is -2.22. The van der Waals surface area contributed by atoms with Crippen molar-refractivity contribution in [3.8, 4) is 11.1 Å². The van der Waals surface area contributed by atoms with Crippen LogP contribution in [0.4, 0.5) is 0 Å². The normalized spacial score (nSPS) is 17.8. The van der Waals surface area contributed by atoms with Crippen molar-refractivity contribution >= 4 is 12.6 Å². The largest absolute Gasteiger partial charge is 0.632 e. The molecule has 1 fully saturated rings. The molecular weight excluding hydrogens is 271 g/mol. The van der Waals surface area contributed by atoms with Crippen molar-refractivity contribution in [3.63, 3.8) is 0 Å². The molecule has 0 unspecified atom stereocenters. The van der Waals surface area contributed by atoms with Crippen LogP contribution in [0.5, 0.6) is 0 Å². The highest BCUT2D eigenvalue weighted by molar-refractivity contribution is 6.62. The molecule has 0 atom stereocenters. The van der Waals surface area contributed by atoms with E-state index in [4.69, 9.17) is 9.31 Å². The van der Waals surface area contributed by atoms with Crippen LogP contribution in [0, 0.1) is 0 Å². The first-order chi connectivity index (χ1) is 10.5. The highest BCUT2D eigenvalue weighted by atomic mass is 16.6. The first-order valence-corrected chi connectivity index (χ1v) is 7.44. The second-order valence-corrected chi connectivity index (χ2v) is 6.39. The predicted octanol–water partition coefficient (Wildman–Crippen LogP) is 3.76. The summed E-state index contributed by atoms with van der Waals surface area (Å²) in [6.07, 6.45) is 0. The Morgan fingerprint density at radius 1 is 0.864 bits per heavy atom. The number of hydrogen-bond donors (Lipinski definition) is 0. The molecule has 0 radical (unpaired) electrons. The maximum atomic E-state index is 5.65. The Morgan fingerprint density at radius 2 is 1.50 bits per heavy atom. The Labute approximate surface area is 131 Å². The van der Waals surface area contributed by atoms with Gasteiger partial charge < -0.3 is 9.31 Å². The summed E-state index contributed by atoms with van der Waals surface area (Å²) in [6.45, 7) is 12.1. The molecule has 22 heavy (non-hydrogen) atoms. The SMILES string of the molecule is C=C1OB(c2ccc3c(c2)C(C)(C)c2ccccc2-3)OC1=C. The molecule has 4 rings (SSSR count). The van der Waals surface area contributed by atoms with Gasteiger partial charge in [0, 0.05) is 10.9 Å². The summed E-state index contributed by atoms with van der Waals surface area (Å²) in [5, 5.41) is 0. The van der Waals surface area contributed by atoms with Crippen LogP contribution in [0.25, 0.3) is 11.1 Å². The summed E-state index contributed by atoms with van der Waals surface area (Å²) in [5.41, 5.74) is 6.26. The average molecular weight is 288 g/mol. The maximum absolute atomic E-state index is 5.65. The summed E-state index contributed by atoms with van der Waals surface area (Å²) in [6, 6.07) is 15.0. The molecule has 0 N–H and O–H groups in total. The van der Waals surface area contributed by atoms with Gasteiger partial charge in [-0.1, -0.05) is 69.5 Å². The van der Waals surface area contributed by atoms with Crippen molar-refractivity contribution in [2.24, 2.45) is 0 Å². The Kier molecular flexibility index (Phi) is 2.59. The van der Waals surface area contributed by atoms with Crippen LogP contribution >= 0.6 is 0 Å². The highest BCUT2D eigenvalue weighted by Crippen LogP contribution is 2.48. The molecule has 1 heterocycles. The van der Waals surface area contributed by atoms with Crippen molar-refractivity contribution in [1.29, 1.82) is 0 Å². The van der Waals surface area contributed by atoms with Gasteiger partial charge in [0.25, 0.3) is 0 Å². The van der Waals surface area contributed by atoms with Gasteiger partial charge in [-0.2, -0.15) is 0 Å². The van der Waals surface area contributed by atoms with E-state index >= 15 is 0 Å². The molecule has 1 aliphatic carbocycles. The van der Waals surface area contributed by atoms with E-state index in [0.29, 0.717) is 11.5 Å². The van der Waals surface area contributed by atoms with Crippen LogP contribution in [0.2, 0.25) is 0 Å². The van der Waals surface area contributed by atoms with Crippen molar-refractivity contribution in [3.05, 3.63) is 78.3 Å². The zero-order chi connectivity index (χ0) is 15.5. The molecule has 108 valence electrons. The van der Waals surface area contributed by atoms with Crippen LogP contribution in [-0.4, -0.2) is 7.12 Å². The monoisotopic (exact) mass is 288 g/mol. The molecule has 0 amide bonds. The van der Waals surface area contributed by atoms with Crippen LogP contribution in [0.1, 0.15) is 25.0 Å². The van der Waals surface area contributed by atoms with Gasteiger partial charge in [-0.15, -0.1) is 0 Å². The standard InChI is InChI=1S/C19H17BO2/c1-12-13(2)22-20(21-12)14-9-10-16-15-7-5-6-8-17(15)19(3,4)18(16)11-14/h5-11H,1-2H2,3-4H3. The molecule has 0 bridgehead atoms. The van der Waals surface area contributed by atoms with Crippen molar-refractivity contribution in [2.45, 2.75) is 19.3 Å². The molecule has 2 aliphatic rings. The van der Waals surface area contributed by atoms with Gasteiger partial charge in [0.2, 0.25) is 0 Å². The topological polar surface area (TPSA) is 18.5 Å². The number of rotatable bonds is 1. The summed E-state index contributed by atoms with van der Waals surface area (Å²) in [4.78, 5) is 0. The Morgan fingerprint density at radius 3 is 2.23 bits per heavy atom. The second kappa shape index (κ2) is 4.29. The van der Waals surface area contributed by atoms with Gasteiger partial charge in [0.1, 0.15) is 11.5 Å². The van der Waals surface area contributed by atoms with E-state index in [-0.39, 0.29) is 5.41 Å². The number of benzene rings is 2. The second-order valence-electron chi connectivity index (χ2n) is 6.39. The van der Waals surface area contributed by atoms with Crippen molar-refractivity contribution < 1.29 is 9.31 Å². The van der Waals surface area contributed by atoms with Gasteiger partial charge in [0.15, 0.2) is 0 Å². The molecule has 0 aromatic heterocycles.